The van der Waals surface area contributed by atoms with Crippen LogP contribution >= 0.6 is 0 Å². The van der Waals surface area contributed by atoms with Gasteiger partial charge in [0.1, 0.15) is 0 Å². The molecule has 1 atom stereocenters. The summed E-state index contributed by atoms with van der Waals surface area (Å²) in [7, 11) is -4.75. The molecule has 0 aromatic carbocycles. The Kier molecular flexibility index (Phi) is 17.6. The van der Waals surface area contributed by atoms with Crippen LogP contribution in [-0.2, 0) is 29.2 Å². The second kappa shape index (κ2) is 18.3. The lowest BCUT2D eigenvalue weighted by atomic mass is 10.0. The zero-order valence-corrected chi connectivity index (χ0v) is 21.5. The van der Waals surface area contributed by atoms with Gasteiger partial charge in [0.05, 0.1) is 19.6 Å². The van der Waals surface area contributed by atoms with Crippen molar-refractivity contribution in [3.8, 4) is 0 Å². The Balaban J connectivity index is 4.07. The van der Waals surface area contributed by atoms with Gasteiger partial charge in [0, 0.05) is 0 Å². The molecule has 0 radical (unpaired) electrons. The fraction of sp³-hybridized carbons (Fsp3) is 0.917. The predicted molar refractivity (Wildman–Crippen MR) is 127 cm³/mol. The zero-order valence-electron chi connectivity index (χ0n) is 20.6. The van der Waals surface area contributed by atoms with Crippen molar-refractivity contribution in [1.29, 1.82) is 0 Å². The summed E-state index contributed by atoms with van der Waals surface area (Å²) < 4.78 is 42.4. The third-order valence-electron chi connectivity index (χ3n) is 5.33. The van der Waals surface area contributed by atoms with Crippen LogP contribution in [0.1, 0.15) is 111 Å². The SMILES string of the molecule is CC(C)CCCCCCCOC(=O)C[C@H](C(=O)OCCCCCCCC(C)C)S(=O)(=O)O. The Morgan fingerprint density at radius 2 is 1.09 bits per heavy atom. The molecule has 0 unspecified atom stereocenters. The molecule has 0 aromatic heterocycles. The van der Waals surface area contributed by atoms with Gasteiger partial charge in [-0.1, -0.05) is 91.9 Å². The van der Waals surface area contributed by atoms with Crippen molar-refractivity contribution in [2.45, 2.75) is 116 Å². The van der Waals surface area contributed by atoms with Gasteiger partial charge in [-0.2, -0.15) is 8.42 Å². The third kappa shape index (κ3) is 18.4. The number of unbranched alkanes of at least 4 members (excludes halogenated alkanes) is 8. The van der Waals surface area contributed by atoms with E-state index in [1.807, 2.05) is 0 Å². The first-order valence-corrected chi connectivity index (χ1v) is 13.8. The lowest BCUT2D eigenvalue weighted by molar-refractivity contribution is -0.150. The lowest BCUT2D eigenvalue weighted by Crippen LogP contribution is -2.34. The minimum atomic E-state index is -4.75. The summed E-state index contributed by atoms with van der Waals surface area (Å²) in [6.07, 6.45) is 11.5. The van der Waals surface area contributed by atoms with Gasteiger partial charge in [-0.3, -0.25) is 14.1 Å². The number of carbonyl (C=O) groups excluding carboxylic acids is 2. The number of hydrogen-bond acceptors (Lipinski definition) is 6. The molecule has 0 amide bonds. The minimum absolute atomic E-state index is 0.0703. The van der Waals surface area contributed by atoms with E-state index in [9.17, 15) is 22.6 Å². The van der Waals surface area contributed by atoms with E-state index in [4.69, 9.17) is 9.47 Å². The van der Waals surface area contributed by atoms with Crippen LogP contribution in [-0.4, -0.2) is 43.4 Å². The van der Waals surface area contributed by atoms with Crippen LogP contribution < -0.4 is 0 Å². The van der Waals surface area contributed by atoms with E-state index in [0.717, 1.165) is 38.5 Å². The molecule has 0 spiro atoms. The monoisotopic (exact) mass is 478 g/mol. The molecule has 0 aliphatic heterocycles. The van der Waals surface area contributed by atoms with Gasteiger partial charge >= 0.3 is 11.9 Å². The molecule has 32 heavy (non-hydrogen) atoms. The highest BCUT2D eigenvalue weighted by molar-refractivity contribution is 7.87. The van der Waals surface area contributed by atoms with Gasteiger partial charge < -0.3 is 9.47 Å². The van der Waals surface area contributed by atoms with Crippen molar-refractivity contribution in [2.24, 2.45) is 11.8 Å². The molecule has 0 aliphatic carbocycles. The Labute approximate surface area is 195 Å². The van der Waals surface area contributed by atoms with Crippen molar-refractivity contribution >= 4 is 22.1 Å². The summed E-state index contributed by atoms with van der Waals surface area (Å²) in [5.41, 5.74) is 0. The maximum absolute atomic E-state index is 12.1. The van der Waals surface area contributed by atoms with Crippen LogP contribution in [0.25, 0.3) is 0 Å². The maximum Gasteiger partial charge on any atom is 0.327 e. The van der Waals surface area contributed by atoms with Crippen molar-refractivity contribution in [3.63, 3.8) is 0 Å². The summed E-state index contributed by atoms with van der Waals surface area (Å²) in [6.45, 7) is 9.03. The predicted octanol–water partition coefficient (Wildman–Crippen LogP) is 5.71. The van der Waals surface area contributed by atoms with Gasteiger partial charge in [0.2, 0.25) is 0 Å². The molecule has 0 heterocycles. The second-order valence-corrected chi connectivity index (χ2v) is 11.1. The molecule has 0 aliphatic rings. The fourth-order valence-corrected chi connectivity index (χ4v) is 4.00. The van der Waals surface area contributed by atoms with E-state index in [0.29, 0.717) is 24.7 Å². The Morgan fingerprint density at radius 1 is 0.688 bits per heavy atom. The molecular formula is C24H46O7S. The van der Waals surface area contributed by atoms with Crippen LogP contribution in [0.4, 0.5) is 0 Å². The van der Waals surface area contributed by atoms with E-state index in [2.05, 4.69) is 27.7 Å². The molecule has 0 rings (SSSR count). The van der Waals surface area contributed by atoms with E-state index in [-0.39, 0.29) is 13.2 Å². The highest BCUT2D eigenvalue weighted by Gasteiger charge is 2.35. The summed E-state index contributed by atoms with van der Waals surface area (Å²) in [5, 5.41) is -1.93. The van der Waals surface area contributed by atoms with E-state index >= 15 is 0 Å². The summed E-state index contributed by atoms with van der Waals surface area (Å²) in [4.78, 5) is 24.0. The van der Waals surface area contributed by atoms with Crippen LogP contribution in [0.2, 0.25) is 0 Å². The van der Waals surface area contributed by atoms with Gasteiger partial charge in [-0.05, 0) is 24.7 Å². The summed E-state index contributed by atoms with van der Waals surface area (Å²) in [5.74, 6) is -0.526. The molecule has 8 heteroatoms. The smallest absolute Gasteiger partial charge is 0.327 e. The standard InChI is InChI=1S/C24H46O7S/c1-20(2)15-11-7-5-9-13-17-30-23(25)19-22(32(27,28)29)24(26)31-18-14-10-6-8-12-16-21(3)4/h20-22H,5-19H2,1-4H3,(H,27,28,29)/t22-/m1/s1. The summed E-state index contributed by atoms with van der Waals surface area (Å²) in [6, 6.07) is 0. The molecule has 0 fully saturated rings. The average Bonchev–Trinajstić information content (AvgIpc) is 2.68. The maximum atomic E-state index is 12.1. The summed E-state index contributed by atoms with van der Waals surface area (Å²) >= 11 is 0. The van der Waals surface area contributed by atoms with Crippen molar-refractivity contribution in [3.05, 3.63) is 0 Å². The highest BCUT2D eigenvalue weighted by atomic mass is 32.2. The van der Waals surface area contributed by atoms with E-state index in [1.54, 1.807) is 0 Å². The van der Waals surface area contributed by atoms with Crippen molar-refractivity contribution in [2.75, 3.05) is 13.2 Å². The molecule has 0 saturated heterocycles. The lowest BCUT2D eigenvalue weighted by Gasteiger charge is -2.13. The van der Waals surface area contributed by atoms with Crippen molar-refractivity contribution in [1.82, 2.24) is 0 Å². The molecule has 1 N–H and O–H groups in total. The molecule has 0 saturated carbocycles. The highest BCUT2D eigenvalue weighted by Crippen LogP contribution is 2.13. The van der Waals surface area contributed by atoms with Crippen LogP contribution in [0.3, 0.4) is 0 Å². The minimum Gasteiger partial charge on any atom is -0.466 e. The van der Waals surface area contributed by atoms with E-state index in [1.165, 1.54) is 25.7 Å². The van der Waals surface area contributed by atoms with Gasteiger partial charge in [-0.25, -0.2) is 0 Å². The van der Waals surface area contributed by atoms with Crippen LogP contribution in [0, 0.1) is 11.8 Å². The molecular weight excluding hydrogens is 432 g/mol. The van der Waals surface area contributed by atoms with Gasteiger partial charge in [0.25, 0.3) is 10.1 Å². The van der Waals surface area contributed by atoms with Gasteiger partial charge in [-0.15, -0.1) is 0 Å². The first kappa shape index (κ1) is 30.9. The van der Waals surface area contributed by atoms with Crippen molar-refractivity contribution < 1.29 is 32.0 Å². The largest absolute Gasteiger partial charge is 0.466 e. The topological polar surface area (TPSA) is 107 Å². The fourth-order valence-electron chi connectivity index (χ4n) is 3.34. The Morgan fingerprint density at radius 3 is 1.53 bits per heavy atom. The number of rotatable bonds is 20. The second-order valence-electron chi connectivity index (χ2n) is 9.50. The number of esters is 2. The first-order chi connectivity index (χ1) is 15.0. The first-order valence-electron chi connectivity index (χ1n) is 12.3. The van der Waals surface area contributed by atoms with Crippen LogP contribution in [0.15, 0.2) is 0 Å². The Hall–Kier alpha value is -1.15. The zero-order chi connectivity index (χ0) is 24.4. The number of carbonyl (C=O) groups is 2. The van der Waals surface area contributed by atoms with E-state index < -0.39 is 33.7 Å². The third-order valence-corrected chi connectivity index (χ3v) is 6.41. The van der Waals surface area contributed by atoms with Crippen LogP contribution in [0.5, 0.6) is 0 Å². The molecule has 0 bridgehead atoms. The molecule has 7 nitrogen and oxygen atoms in total. The number of ether oxygens (including phenoxy) is 2. The Bertz CT molecular complexity index is 599. The number of hydrogen-bond donors (Lipinski definition) is 1. The molecule has 190 valence electrons. The quantitative estimate of drug-likeness (QED) is 0.136. The van der Waals surface area contributed by atoms with Gasteiger partial charge in [0.15, 0.2) is 5.25 Å². The molecule has 0 aromatic rings. The average molecular weight is 479 g/mol. The normalized spacial score (nSPS) is 12.8.